The number of aliphatic hydroxyl groups is 2. The largest absolute Gasteiger partial charge is 0.466 e. The summed E-state index contributed by atoms with van der Waals surface area (Å²) in [6.07, 6.45) is 104. The van der Waals surface area contributed by atoms with E-state index in [1.807, 2.05) is 0 Å². The summed E-state index contributed by atoms with van der Waals surface area (Å²) in [6, 6.07) is -0.538. The number of rotatable bonds is 83. The van der Waals surface area contributed by atoms with Gasteiger partial charge in [-0.2, -0.15) is 0 Å². The Morgan fingerprint density at radius 3 is 0.663 bits per heavy atom. The Kier molecular flexibility index (Phi) is 81.3. The van der Waals surface area contributed by atoms with Gasteiger partial charge in [-0.05, 0) is 25.7 Å². The summed E-state index contributed by atoms with van der Waals surface area (Å²) in [5.74, 6) is 0.00580. The van der Waals surface area contributed by atoms with Gasteiger partial charge in [0.15, 0.2) is 0 Å². The second-order valence-electron chi connectivity index (χ2n) is 30.2. The highest BCUT2D eigenvalue weighted by Gasteiger charge is 2.20. The first-order valence-electron chi connectivity index (χ1n) is 43.3. The molecule has 0 radical (unpaired) electrons. The molecule has 0 aromatic heterocycles. The van der Waals surface area contributed by atoms with Crippen LogP contribution < -0.4 is 5.32 Å². The van der Waals surface area contributed by atoms with Crippen LogP contribution in [0.25, 0.3) is 0 Å². The summed E-state index contributed by atoms with van der Waals surface area (Å²) in [6.45, 7) is 5.03. The number of hydrogen-bond donors (Lipinski definition) is 3. The van der Waals surface area contributed by atoms with Gasteiger partial charge in [-0.15, -0.1) is 0 Å². The van der Waals surface area contributed by atoms with Crippen molar-refractivity contribution >= 4 is 11.9 Å². The first-order chi connectivity index (χ1) is 45.5. The molecule has 0 aliphatic heterocycles. The fourth-order valence-electron chi connectivity index (χ4n) is 14.4. The van der Waals surface area contributed by atoms with E-state index in [9.17, 15) is 19.8 Å². The van der Waals surface area contributed by atoms with Crippen LogP contribution in [0.5, 0.6) is 0 Å². The third kappa shape index (κ3) is 77.9. The van der Waals surface area contributed by atoms with E-state index in [0.29, 0.717) is 25.9 Å². The van der Waals surface area contributed by atoms with Crippen molar-refractivity contribution in [3.05, 3.63) is 0 Å². The van der Waals surface area contributed by atoms with Crippen molar-refractivity contribution in [3.63, 3.8) is 0 Å². The van der Waals surface area contributed by atoms with E-state index in [1.54, 1.807) is 0 Å². The van der Waals surface area contributed by atoms with Crippen molar-refractivity contribution in [3.8, 4) is 0 Å². The minimum atomic E-state index is -0.661. The summed E-state index contributed by atoms with van der Waals surface area (Å²) in [5, 5.41) is 23.5. The lowest BCUT2D eigenvalue weighted by Crippen LogP contribution is -2.45. The normalized spacial score (nSPS) is 12.3. The average molecular weight is 1300 g/mol. The van der Waals surface area contributed by atoms with Crippen molar-refractivity contribution in [1.82, 2.24) is 5.32 Å². The molecule has 0 heterocycles. The van der Waals surface area contributed by atoms with Gasteiger partial charge in [-0.25, -0.2) is 0 Å². The molecular formula is C86H171NO5. The van der Waals surface area contributed by atoms with Gasteiger partial charge < -0.3 is 20.3 Å². The number of unbranched alkanes of at least 4 members (excludes halogenated alkanes) is 72. The van der Waals surface area contributed by atoms with Gasteiger partial charge in [-0.3, -0.25) is 9.59 Å². The standard InChI is InChI=1S/C86H171NO5/c1-3-5-7-9-11-13-15-17-19-21-23-24-40-43-46-50-54-58-62-66-70-74-78-84(89)83(82-88)87-85(90)79-75-71-67-63-59-55-51-47-44-41-38-36-34-32-30-28-26-25-27-29-31-33-35-37-39-42-45-49-53-57-61-65-69-73-77-81-92-86(91)80-76-72-68-64-60-56-52-48-22-20-18-16-14-12-10-8-6-4-2/h83-84,88-89H,3-82H2,1-2H3,(H,87,90). The molecule has 0 aromatic carbocycles. The predicted molar refractivity (Wildman–Crippen MR) is 407 cm³/mol. The number of carbonyl (C=O) groups excluding carboxylic acids is 2. The number of nitrogens with one attached hydrogen (secondary N) is 1. The molecule has 2 unspecified atom stereocenters. The number of hydrogen-bond acceptors (Lipinski definition) is 5. The van der Waals surface area contributed by atoms with Gasteiger partial charge in [0.25, 0.3) is 0 Å². The molecule has 0 rings (SSSR count). The Morgan fingerprint density at radius 1 is 0.261 bits per heavy atom. The maximum Gasteiger partial charge on any atom is 0.305 e. The lowest BCUT2D eigenvalue weighted by Gasteiger charge is -2.22. The van der Waals surface area contributed by atoms with Crippen molar-refractivity contribution in [2.45, 2.75) is 527 Å². The van der Waals surface area contributed by atoms with Crippen LogP contribution in [-0.2, 0) is 14.3 Å². The Bertz CT molecular complexity index is 1360. The predicted octanol–water partition coefficient (Wildman–Crippen LogP) is 28.8. The van der Waals surface area contributed by atoms with Crippen molar-refractivity contribution in [2.24, 2.45) is 0 Å². The average Bonchev–Trinajstić information content (AvgIpc) is 3.77. The van der Waals surface area contributed by atoms with Gasteiger partial charge in [0, 0.05) is 12.8 Å². The fraction of sp³-hybridized carbons (Fsp3) is 0.977. The van der Waals surface area contributed by atoms with Crippen LogP contribution in [-0.4, -0.2) is 47.4 Å². The number of ether oxygens (including phenoxy) is 1. The lowest BCUT2D eigenvalue weighted by atomic mass is 10.0. The van der Waals surface area contributed by atoms with Crippen LogP contribution in [0.2, 0.25) is 0 Å². The molecule has 550 valence electrons. The van der Waals surface area contributed by atoms with Crippen molar-refractivity contribution < 1.29 is 24.5 Å². The monoisotopic (exact) mass is 1300 g/mol. The number of esters is 1. The maximum atomic E-state index is 12.6. The highest BCUT2D eigenvalue weighted by atomic mass is 16.5. The van der Waals surface area contributed by atoms with Crippen LogP contribution in [0.15, 0.2) is 0 Å². The summed E-state index contributed by atoms with van der Waals surface area (Å²) in [4.78, 5) is 24.7. The Morgan fingerprint density at radius 2 is 0.446 bits per heavy atom. The molecule has 3 N–H and O–H groups in total. The quantitative estimate of drug-likeness (QED) is 0.0417. The van der Waals surface area contributed by atoms with Gasteiger partial charge in [-0.1, -0.05) is 476 Å². The molecule has 6 heteroatoms. The molecule has 0 aliphatic rings. The molecule has 0 saturated heterocycles. The van der Waals surface area contributed by atoms with Crippen LogP contribution >= 0.6 is 0 Å². The maximum absolute atomic E-state index is 12.6. The number of carbonyl (C=O) groups is 2. The zero-order valence-corrected chi connectivity index (χ0v) is 63.3. The van der Waals surface area contributed by atoms with Crippen molar-refractivity contribution in [2.75, 3.05) is 13.2 Å². The third-order valence-corrected chi connectivity index (χ3v) is 20.9. The van der Waals surface area contributed by atoms with E-state index in [4.69, 9.17) is 4.74 Å². The first-order valence-corrected chi connectivity index (χ1v) is 43.3. The first kappa shape index (κ1) is 90.9. The van der Waals surface area contributed by atoms with E-state index < -0.39 is 12.1 Å². The Balaban J connectivity index is 3.29. The molecule has 6 nitrogen and oxygen atoms in total. The summed E-state index contributed by atoms with van der Waals surface area (Å²) in [5.41, 5.74) is 0. The van der Waals surface area contributed by atoms with Gasteiger partial charge >= 0.3 is 5.97 Å². The van der Waals surface area contributed by atoms with Crippen LogP contribution in [0, 0.1) is 0 Å². The van der Waals surface area contributed by atoms with Crippen LogP contribution in [0.4, 0.5) is 0 Å². The van der Waals surface area contributed by atoms with Crippen LogP contribution in [0.3, 0.4) is 0 Å². The highest BCUT2D eigenvalue weighted by Crippen LogP contribution is 2.21. The summed E-state index contributed by atoms with van der Waals surface area (Å²) in [7, 11) is 0. The molecule has 0 bridgehead atoms. The Hall–Kier alpha value is -1.14. The second-order valence-corrected chi connectivity index (χ2v) is 30.2. The van der Waals surface area contributed by atoms with Gasteiger partial charge in [0.1, 0.15) is 0 Å². The van der Waals surface area contributed by atoms with E-state index >= 15 is 0 Å². The van der Waals surface area contributed by atoms with E-state index in [0.717, 1.165) is 38.5 Å². The lowest BCUT2D eigenvalue weighted by molar-refractivity contribution is -0.143. The fourth-order valence-corrected chi connectivity index (χ4v) is 14.4. The molecule has 1 amide bonds. The third-order valence-electron chi connectivity index (χ3n) is 20.9. The molecule has 0 aromatic rings. The van der Waals surface area contributed by atoms with Gasteiger partial charge in [0.2, 0.25) is 5.91 Å². The molecule has 92 heavy (non-hydrogen) atoms. The summed E-state index contributed by atoms with van der Waals surface area (Å²) >= 11 is 0. The topological polar surface area (TPSA) is 95.9 Å². The zero-order valence-electron chi connectivity index (χ0n) is 63.3. The van der Waals surface area contributed by atoms with E-state index in [2.05, 4.69) is 19.2 Å². The van der Waals surface area contributed by atoms with E-state index in [-0.39, 0.29) is 18.5 Å². The molecule has 0 spiro atoms. The molecule has 2 atom stereocenters. The Labute approximate surface area is 578 Å². The number of aliphatic hydroxyl groups excluding tert-OH is 2. The molecule has 0 saturated carbocycles. The molecule has 0 fully saturated rings. The second kappa shape index (κ2) is 82.3. The number of amides is 1. The highest BCUT2D eigenvalue weighted by molar-refractivity contribution is 5.76. The smallest absolute Gasteiger partial charge is 0.305 e. The minimum Gasteiger partial charge on any atom is -0.466 e. The van der Waals surface area contributed by atoms with E-state index in [1.165, 1.54) is 443 Å². The van der Waals surface area contributed by atoms with Crippen molar-refractivity contribution in [1.29, 1.82) is 0 Å². The molecular weight excluding hydrogens is 1130 g/mol. The zero-order chi connectivity index (χ0) is 66.3. The molecule has 0 aliphatic carbocycles. The minimum absolute atomic E-state index is 0.0230. The van der Waals surface area contributed by atoms with Gasteiger partial charge in [0.05, 0.1) is 25.4 Å². The van der Waals surface area contributed by atoms with Crippen LogP contribution in [0.1, 0.15) is 515 Å². The SMILES string of the molecule is CCCCCCCCCCCCCCCCCCCCCCCCC(O)C(CO)NC(=O)CCCCCCCCCCCCCCCCCCCCCCCCCCCCCCCCCCCCCOC(=O)CCCCCCCCCCCCCCCCCCCC. The summed E-state index contributed by atoms with van der Waals surface area (Å²) < 4.78 is 5.52.